The highest BCUT2D eigenvalue weighted by Crippen LogP contribution is 2.00. The van der Waals surface area contributed by atoms with Crippen LogP contribution in [0, 0.1) is 0 Å². The van der Waals surface area contributed by atoms with Crippen LogP contribution in [0.1, 0.15) is 18.9 Å². The maximum Gasteiger partial charge on any atom is 0.166 e. The van der Waals surface area contributed by atoms with E-state index in [1.165, 1.54) is 5.56 Å². The van der Waals surface area contributed by atoms with Crippen LogP contribution in [0.25, 0.3) is 0 Å². The van der Waals surface area contributed by atoms with Crippen LogP contribution in [-0.2, 0) is 11.3 Å². The number of thiocarbonyl (C=S) groups is 1. The zero-order valence-corrected chi connectivity index (χ0v) is 11.1. The summed E-state index contributed by atoms with van der Waals surface area (Å²) >= 11 is 5.04. The molecule has 0 saturated carbocycles. The number of ether oxygens (including phenoxy) is 1. The van der Waals surface area contributed by atoms with E-state index in [1.54, 1.807) is 0 Å². The molecule has 2 N–H and O–H groups in total. The van der Waals surface area contributed by atoms with Gasteiger partial charge in [0.1, 0.15) is 0 Å². The Morgan fingerprint density at radius 1 is 1.24 bits per heavy atom. The van der Waals surface area contributed by atoms with E-state index in [0.717, 1.165) is 31.2 Å². The minimum Gasteiger partial charge on any atom is -0.377 e. The summed E-state index contributed by atoms with van der Waals surface area (Å²) in [4.78, 5) is 0. The Labute approximate surface area is 109 Å². The van der Waals surface area contributed by atoms with Crippen molar-refractivity contribution in [1.82, 2.24) is 10.6 Å². The number of nitrogens with one attached hydrogen (secondary N) is 2. The third kappa shape index (κ3) is 6.92. The second-order valence-corrected chi connectivity index (χ2v) is 4.09. The molecule has 0 spiro atoms. The molecule has 94 valence electrons. The lowest BCUT2D eigenvalue weighted by Gasteiger charge is -2.08. The van der Waals surface area contributed by atoms with E-state index in [0.29, 0.717) is 6.61 Å². The van der Waals surface area contributed by atoms with Gasteiger partial charge in [-0.2, -0.15) is 0 Å². The molecule has 0 radical (unpaired) electrons. The van der Waals surface area contributed by atoms with Gasteiger partial charge in [0.05, 0.1) is 6.61 Å². The zero-order valence-electron chi connectivity index (χ0n) is 10.2. The van der Waals surface area contributed by atoms with Crippen molar-refractivity contribution in [1.29, 1.82) is 0 Å². The standard InChI is InChI=1S/C13H20N2OS/c1-2-14-13(17)15-9-6-10-16-11-12-7-4-3-5-8-12/h3-5,7-8H,2,6,9-11H2,1H3,(H2,14,15,17). The molecule has 0 saturated heterocycles. The molecular weight excluding hydrogens is 232 g/mol. The van der Waals surface area contributed by atoms with Crippen LogP contribution in [0.2, 0.25) is 0 Å². The minimum absolute atomic E-state index is 0.679. The van der Waals surface area contributed by atoms with E-state index in [-0.39, 0.29) is 0 Å². The van der Waals surface area contributed by atoms with Crippen molar-refractivity contribution >= 4 is 17.3 Å². The van der Waals surface area contributed by atoms with Gasteiger partial charge in [-0.25, -0.2) is 0 Å². The first-order valence-electron chi connectivity index (χ1n) is 5.96. The second kappa shape index (κ2) is 8.96. The molecule has 0 aromatic heterocycles. The molecule has 0 aliphatic rings. The van der Waals surface area contributed by atoms with Crippen molar-refractivity contribution in [2.24, 2.45) is 0 Å². The molecule has 0 heterocycles. The third-order valence-corrected chi connectivity index (χ3v) is 2.49. The van der Waals surface area contributed by atoms with Crippen LogP contribution in [0.4, 0.5) is 0 Å². The van der Waals surface area contributed by atoms with Crippen LogP contribution in [-0.4, -0.2) is 24.8 Å². The zero-order chi connectivity index (χ0) is 12.3. The highest BCUT2D eigenvalue weighted by Gasteiger charge is 1.94. The largest absolute Gasteiger partial charge is 0.377 e. The average Bonchev–Trinajstić information content (AvgIpc) is 2.35. The first kappa shape index (κ1) is 13.9. The number of hydrogen-bond acceptors (Lipinski definition) is 2. The van der Waals surface area contributed by atoms with Gasteiger partial charge in [-0.05, 0) is 31.1 Å². The van der Waals surface area contributed by atoms with Crippen LogP contribution < -0.4 is 10.6 Å². The Kier molecular flexibility index (Phi) is 7.34. The summed E-state index contributed by atoms with van der Waals surface area (Å²) in [5.74, 6) is 0. The van der Waals surface area contributed by atoms with Gasteiger partial charge in [-0.3, -0.25) is 0 Å². The third-order valence-electron chi connectivity index (χ3n) is 2.20. The summed E-state index contributed by atoms with van der Waals surface area (Å²) in [6.45, 7) is 5.16. The smallest absolute Gasteiger partial charge is 0.166 e. The minimum atomic E-state index is 0.679. The fourth-order valence-corrected chi connectivity index (χ4v) is 1.61. The molecule has 0 atom stereocenters. The molecule has 0 unspecified atom stereocenters. The summed E-state index contributed by atoms with van der Waals surface area (Å²) in [6.07, 6.45) is 0.957. The number of rotatable bonds is 7. The van der Waals surface area contributed by atoms with Crippen molar-refractivity contribution in [2.45, 2.75) is 20.0 Å². The second-order valence-electron chi connectivity index (χ2n) is 3.68. The lowest BCUT2D eigenvalue weighted by Crippen LogP contribution is -2.35. The summed E-state index contributed by atoms with van der Waals surface area (Å²) < 4.78 is 5.56. The number of hydrogen-bond donors (Lipinski definition) is 2. The van der Waals surface area contributed by atoms with Gasteiger partial charge >= 0.3 is 0 Å². The first-order valence-corrected chi connectivity index (χ1v) is 6.37. The molecule has 0 aliphatic carbocycles. The lowest BCUT2D eigenvalue weighted by atomic mass is 10.2. The predicted octanol–water partition coefficient (Wildman–Crippen LogP) is 2.08. The SMILES string of the molecule is CCNC(=S)NCCCOCc1ccccc1. The molecule has 1 aromatic rings. The molecule has 1 aromatic carbocycles. The molecular formula is C13H20N2OS. The van der Waals surface area contributed by atoms with Crippen LogP contribution in [0.5, 0.6) is 0 Å². The van der Waals surface area contributed by atoms with Gasteiger partial charge in [0.2, 0.25) is 0 Å². The summed E-state index contributed by atoms with van der Waals surface area (Å²) in [7, 11) is 0. The van der Waals surface area contributed by atoms with Gasteiger partial charge < -0.3 is 15.4 Å². The first-order chi connectivity index (χ1) is 8.33. The van der Waals surface area contributed by atoms with E-state index in [9.17, 15) is 0 Å². The van der Waals surface area contributed by atoms with Gasteiger partial charge in [-0.1, -0.05) is 30.3 Å². The Bertz CT molecular complexity index is 316. The fourth-order valence-electron chi connectivity index (χ4n) is 1.36. The topological polar surface area (TPSA) is 33.3 Å². The monoisotopic (exact) mass is 252 g/mol. The average molecular weight is 252 g/mol. The van der Waals surface area contributed by atoms with E-state index in [1.807, 2.05) is 25.1 Å². The molecule has 0 bridgehead atoms. The van der Waals surface area contributed by atoms with Gasteiger partial charge in [0, 0.05) is 19.7 Å². The lowest BCUT2D eigenvalue weighted by molar-refractivity contribution is 0.119. The van der Waals surface area contributed by atoms with Crippen LogP contribution in [0.15, 0.2) is 30.3 Å². The molecule has 3 nitrogen and oxygen atoms in total. The summed E-state index contributed by atoms with van der Waals surface area (Å²) in [6, 6.07) is 10.2. The summed E-state index contributed by atoms with van der Waals surface area (Å²) in [5.41, 5.74) is 1.21. The maximum atomic E-state index is 5.56. The highest BCUT2D eigenvalue weighted by atomic mass is 32.1. The Balaban J connectivity index is 1.96. The fraction of sp³-hybridized carbons (Fsp3) is 0.462. The highest BCUT2D eigenvalue weighted by molar-refractivity contribution is 7.80. The van der Waals surface area contributed by atoms with Crippen molar-refractivity contribution in [3.63, 3.8) is 0 Å². The van der Waals surface area contributed by atoms with Gasteiger partial charge in [-0.15, -0.1) is 0 Å². The van der Waals surface area contributed by atoms with Crippen molar-refractivity contribution in [2.75, 3.05) is 19.7 Å². The normalized spacial score (nSPS) is 9.94. The van der Waals surface area contributed by atoms with Crippen LogP contribution >= 0.6 is 12.2 Å². The van der Waals surface area contributed by atoms with Gasteiger partial charge in [0.15, 0.2) is 5.11 Å². The van der Waals surface area contributed by atoms with Crippen LogP contribution in [0.3, 0.4) is 0 Å². The molecule has 1 rings (SSSR count). The molecule has 0 fully saturated rings. The van der Waals surface area contributed by atoms with E-state index < -0.39 is 0 Å². The quantitative estimate of drug-likeness (QED) is 0.575. The number of benzene rings is 1. The Hall–Kier alpha value is -1.13. The Morgan fingerprint density at radius 3 is 2.71 bits per heavy atom. The van der Waals surface area contributed by atoms with Gasteiger partial charge in [0.25, 0.3) is 0 Å². The van der Waals surface area contributed by atoms with Crippen molar-refractivity contribution < 1.29 is 4.74 Å². The van der Waals surface area contributed by atoms with E-state index in [2.05, 4.69) is 22.8 Å². The van der Waals surface area contributed by atoms with Crippen molar-refractivity contribution in [3.05, 3.63) is 35.9 Å². The van der Waals surface area contributed by atoms with E-state index in [4.69, 9.17) is 17.0 Å². The van der Waals surface area contributed by atoms with E-state index >= 15 is 0 Å². The molecule has 0 aliphatic heterocycles. The Morgan fingerprint density at radius 2 is 2.00 bits per heavy atom. The van der Waals surface area contributed by atoms with Crippen molar-refractivity contribution in [3.8, 4) is 0 Å². The molecule has 0 amide bonds. The predicted molar refractivity (Wildman–Crippen MR) is 75.0 cm³/mol. The molecule has 17 heavy (non-hydrogen) atoms. The maximum absolute atomic E-state index is 5.56. The summed E-state index contributed by atoms with van der Waals surface area (Å²) in [5, 5.41) is 6.88. The molecule has 4 heteroatoms.